The fraction of sp³-hybridized carbons (Fsp3) is 0.500. The number of aryl methyl sites for hydroxylation is 2. The minimum Gasteiger partial charge on any atom is -0.377 e. The maximum absolute atomic E-state index is 11.7. The summed E-state index contributed by atoms with van der Waals surface area (Å²) in [4.78, 5) is 23.3. The monoisotopic (exact) mass is 390 g/mol. The molecule has 0 radical (unpaired) electrons. The molecule has 0 saturated heterocycles. The van der Waals surface area contributed by atoms with E-state index in [1.165, 1.54) is 0 Å². The third kappa shape index (κ3) is 9.94. The lowest BCUT2D eigenvalue weighted by Crippen LogP contribution is -2.29. The quantitative estimate of drug-likeness (QED) is 0.445. The Bertz CT molecular complexity index is 598. The first-order valence-electron chi connectivity index (χ1n) is 9.64. The summed E-state index contributed by atoms with van der Waals surface area (Å²) in [5.74, 6) is 0.0298. The van der Waals surface area contributed by atoms with Gasteiger partial charge in [-0.05, 0) is 24.3 Å². The summed E-state index contributed by atoms with van der Waals surface area (Å²) < 4.78 is 14.8. The third-order valence-corrected chi connectivity index (χ3v) is 4.04. The van der Waals surface area contributed by atoms with Crippen LogP contribution in [0.15, 0.2) is 49.1 Å². The van der Waals surface area contributed by atoms with Gasteiger partial charge in [0.2, 0.25) is 11.8 Å². The average Bonchev–Trinajstić information content (AvgIpc) is 3.40. The highest BCUT2D eigenvalue weighted by Crippen LogP contribution is 1.94. The van der Waals surface area contributed by atoms with Gasteiger partial charge in [0, 0.05) is 63.8 Å². The van der Waals surface area contributed by atoms with Gasteiger partial charge in [0.15, 0.2) is 0 Å². The number of aromatic nitrogens is 2. The van der Waals surface area contributed by atoms with Gasteiger partial charge in [-0.15, -0.1) is 0 Å². The Morgan fingerprint density at radius 3 is 1.43 bits per heavy atom. The summed E-state index contributed by atoms with van der Waals surface area (Å²) in [6.07, 6.45) is 8.65. The van der Waals surface area contributed by atoms with Crippen LogP contribution in [0.25, 0.3) is 0 Å². The highest BCUT2D eigenvalue weighted by molar-refractivity contribution is 5.76. The zero-order valence-corrected chi connectivity index (χ0v) is 16.2. The molecule has 0 aliphatic heterocycles. The van der Waals surface area contributed by atoms with Crippen LogP contribution < -0.4 is 10.6 Å². The molecule has 0 unspecified atom stereocenters. The number of carbonyl (C=O) groups excluding carboxylic acids is 2. The first kappa shape index (κ1) is 21.7. The molecular weight excluding hydrogens is 360 g/mol. The van der Waals surface area contributed by atoms with E-state index in [4.69, 9.17) is 9.47 Å². The first-order valence-corrected chi connectivity index (χ1v) is 9.64. The van der Waals surface area contributed by atoms with Crippen molar-refractivity contribution in [3.8, 4) is 0 Å². The van der Waals surface area contributed by atoms with Crippen LogP contribution in [0, 0.1) is 0 Å². The van der Waals surface area contributed by atoms with Crippen LogP contribution in [0.1, 0.15) is 12.8 Å². The van der Waals surface area contributed by atoms with E-state index in [0.29, 0.717) is 65.4 Å². The van der Waals surface area contributed by atoms with Crippen LogP contribution >= 0.6 is 0 Å². The maximum Gasteiger partial charge on any atom is 0.221 e. The van der Waals surface area contributed by atoms with Gasteiger partial charge < -0.3 is 29.2 Å². The molecule has 0 bridgehead atoms. The lowest BCUT2D eigenvalue weighted by Gasteiger charge is -2.08. The van der Waals surface area contributed by atoms with Crippen molar-refractivity contribution in [2.75, 3.05) is 39.5 Å². The predicted molar refractivity (Wildman–Crippen MR) is 106 cm³/mol. The Hall–Kier alpha value is -2.58. The summed E-state index contributed by atoms with van der Waals surface area (Å²) in [6.45, 7) is 4.15. The van der Waals surface area contributed by atoms with E-state index in [9.17, 15) is 9.59 Å². The second kappa shape index (κ2) is 13.6. The fourth-order valence-corrected chi connectivity index (χ4v) is 2.52. The van der Waals surface area contributed by atoms with Gasteiger partial charge in [-0.1, -0.05) is 0 Å². The van der Waals surface area contributed by atoms with Crippen molar-refractivity contribution in [1.82, 2.24) is 19.8 Å². The number of ether oxygens (including phenoxy) is 2. The molecule has 2 aromatic heterocycles. The minimum absolute atomic E-state index is 0.0149. The SMILES string of the molecule is O=C(CCn1cccc1)NCCOCCOCCNC(=O)CCn1cccc1. The molecule has 8 nitrogen and oxygen atoms in total. The van der Waals surface area contributed by atoms with Crippen molar-refractivity contribution in [3.63, 3.8) is 0 Å². The van der Waals surface area contributed by atoms with E-state index in [0.717, 1.165) is 0 Å². The zero-order valence-electron chi connectivity index (χ0n) is 16.2. The molecule has 0 aromatic carbocycles. The molecule has 28 heavy (non-hydrogen) atoms. The Morgan fingerprint density at radius 1 is 0.643 bits per heavy atom. The van der Waals surface area contributed by atoms with E-state index in [1.807, 2.05) is 58.2 Å². The van der Waals surface area contributed by atoms with E-state index in [-0.39, 0.29) is 11.8 Å². The van der Waals surface area contributed by atoms with Crippen LogP contribution in [-0.4, -0.2) is 60.5 Å². The molecule has 2 amide bonds. The Labute approximate surface area is 165 Å². The Morgan fingerprint density at radius 2 is 1.04 bits per heavy atom. The largest absolute Gasteiger partial charge is 0.377 e. The first-order chi connectivity index (χ1) is 13.7. The van der Waals surface area contributed by atoms with E-state index < -0.39 is 0 Å². The number of nitrogens with zero attached hydrogens (tertiary/aromatic N) is 2. The number of hydrogen-bond acceptors (Lipinski definition) is 4. The molecular formula is C20H30N4O4. The van der Waals surface area contributed by atoms with E-state index in [1.54, 1.807) is 0 Å². The number of nitrogens with one attached hydrogen (secondary N) is 2. The normalized spacial score (nSPS) is 10.7. The minimum atomic E-state index is 0.0149. The molecule has 2 aromatic rings. The molecule has 2 heterocycles. The number of amides is 2. The smallest absolute Gasteiger partial charge is 0.221 e. The second-order valence-corrected chi connectivity index (χ2v) is 6.27. The fourth-order valence-electron chi connectivity index (χ4n) is 2.52. The molecule has 2 N–H and O–H groups in total. The van der Waals surface area contributed by atoms with Crippen molar-refractivity contribution in [3.05, 3.63) is 49.1 Å². The molecule has 0 saturated carbocycles. The second-order valence-electron chi connectivity index (χ2n) is 6.27. The highest BCUT2D eigenvalue weighted by atomic mass is 16.5. The topological polar surface area (TPSA) is 86.5 Å². The summed E-state index contributed by atoms with van der Waals surface area (Å²) in [7, 11) is 0. The van der Waals surface area contributed by atoms with Crippen LogP contribution in [0.2, 0.25) is 0 Å². The van der Waals surface area contributed by atoms with Gasteiger partial charge in [-0.3, -0.25) is 9.59 Å². The lowest BCUT2D eigenvalue weighted by atomic mass is 10.4. The van der Waals surface area contributed by atoms with Crippen LogP contribution in [0.3, 0.4) is 0 Å². The molecule has 154 valence electrons. The summed E-state index contributed by atoms with van der Waals surface area (Å²) in [5, 5.41) is 5.65. The van der Waals surface area contributed by atoms with Gasteiger partial charge in [0.05, 0.1) is 26.4 Å². The molecule has 8 heteroatoms. The van der Waals surface area contributed by atoms with E-state index >= 15 is 0 Å². The van der Waals surface area contributed by atoms with Crippen molar-refractivity contribution in [1.29, 1.82) is 0 Å². The van der Waals surface area contributed by atoms with E-state index in [2.05, 4.69) is 10.6 Å². The molecule has 0 aliphatic rings. The van der Waals surface area contributed by atoms with Crippen molar-refractivity contribution in [2.45, 2.75) is 25.9 Å². The van der Waals surface area contributed by atoms with Gasteiger partial charge in [-0.2, -0.15) is 0 Å². The maximum atomic E-state index is 11.7. The van der Waals surface area contributed by atoms with Gasteiger partial charge in [-0.25, -0.2) is 0 Å². The summed E-state index contributed by atoms with van der Waals surface area (Å²) >= 11 is 0. The molecule has 0 fully saturated rings. The average molecular weight is 390 g/mol. The molecule has 0 spiro atoms. The Kier molecular flexibility index (Phi) is 10.5. The van der Waals surface area contributed by atoms with Crippen molar-refractivity contribution >= 4 is 11.8 Å². The highest BCUT2D eigenvalue weighted by Gasteiger charge is 2.02. The number of hydrogen-bond donors (Lipinski definition) is 2. The Balaban J connectivity index is 1.32. The predicted octanol–water partition coefficient (Wildman–Crippen LogP) is 1.04. The standard InChI is InChI=1S/C20H30N4O4/c25-19(5-13-23-9-1-2-10-23)21-7-15-27-17-18-28-16-8-22-20(26)6-14-24-11-3-4-12-24/h1-4,9-12H,5-8,13-18H2,(H,21,25)(H,22,26). The van der Waals surface area contributed by atoms with Crippen LogP contribution in [0.5, 0.6) is 0 Å². The lowest BCUT2D eigenvalue weighted by molar-refractivity contribution is -0.122. The molecule has 0 atom stereocenters. The van der Waals surface area contributed by atoms with Crippen molar-refractivity contribution in [2.24, 2.45) is 0 Å². The van der Waals surface area contributed by atoms with Crippen LogP contribution in [-0.2, 0) is 32.2 Å². The van der Waals surface area contributed by atoms with Gasteiger partial charge in [0.25, 0.3) is 0 Å². The van der Waals surface area contributed by atoms with Gasteiger partial charge in [0.1, 0.15) is 0 Å². The number of carbonyl (C=O) groups is 2. The van der Waals surface area contributed by atoms with Gasteiger partial charge >= 0.3 is 0 Å². The zero-order chi connectivity index (χ0) is 19.9. The van der Waals surface area contributed by atoms with Crippen LogP contribution in [0.4, 0.5) is 0 Å². The summed E-state index contributed by atoms with van der Waals surface area (Å²) in [6, 6.07) is 7.75. The number of rotatable bonds is 15. The van der Waals surface area contributed by atoms with Crippen molar-refractivity contribution < 1.29 is 19.1 Å². The summed E-state index contributed by atoms with van der Waals surface area (Å²) in [5.41, 5.74) is 0. The molecule has 0 aliphatic carbocycles. The third-order valence-electron chi connectivity index (χ3n) is 4.04. The molecule has 2 rings (SSSR count).